The van der Waals surface area contributed by atoms with E-state index in [1.807, 2.05) is 0 Å². The van der Waals surface area contributed by atoms with Gasteiger partial charge >= 0.3 is 0 Å². The van der Waals surface area contributed by atoms with Crippen molar-refractivity contribution in [3.63, 3.8) is 0 Å². The Kier molecular flexibility index (Phi) is 1.68. The molecule has 0 radical (unpaired) electrons. The number of thioether (sulfide) groups is 1. The standard InChI is InChI=1S/C5H10N2OS/c6-1-5(4(7)8)2-9-3-5/h1-3,6H2,(H2,7,8). The van der Waals surface area contributed by atoms with Crippen LogP contribution in [0.1, 0.15) is 0 Å². The van der Waals surface area contributed by atoms with Gasteiger partial charge in [-0.1, -0.05) is 0 Å². The first-order valence-corrected chi connectivity index (χ1v) is 3.94. The first kappa shape index (κ1) is 6.89. The number of rotatable bonds is 2. The maximum atomic E-state index is 10.7. The first-order chi connectivity index (χ1) is 4.21. The third-order valence-electron chi connectivity index (χ3n) is 1.67. The summed E-state index contributed by atoms with van der Waals surface area (Å²) in [6.07, 6.45) is 0. The average molecular weight is 146 g/mol. The molecule has 4 N–H and O–H groups in total. The van der Waals surface area contributed by atoms with Gasteiger partial charge in [-0.15, -0.1) is 0 Å². The van der Waals surface area contributed by atoms with Gasteiger partial charge in [0.15, 0.2) is 0 Å². The predicted molar refractivity (Wildman–Crippen MR) is 38.0 cm³/mol. The van der Waals surface area contributed by atoms with Crippen molar-refractivity contribution in [2.45, 2.75) is 0 Å². The molecule has 0 aromatic carbocycles. The Balaban J connectivity index is 2.57. The fourth-order valence-electron chi connectivity index (χ4n) is 0.709. The third kappa shape index (κ3) is 0.923. The van der Waals surface area contributed by atoms with E-state index < -0.39 is 0 Å². The highest BCUT2D eigenvalue weighted by Gasteiger charge is 2.42. The summed E-state index contributed by atoms with van der Waals surface area (Å²) in [4.78, 5) is 10.7. The van der Waals surface area contributed by atoms with Crippen LogP contribution in [0.5, 0.6) is 0 Å². The lowest BCUT2D eigenvalue weighted by atomic mass is 9.91. The number of nitrogens with two attached hydrogens (primary N) is 2. The second kappa shape index (κ2) is 2.19. The molecule has 0 aromatic heterocycles. The summed E-state index contributed by atoms with van der Waals surface area (Å²) >= 11 is 1.72. The molecule has 1 aliphatic heterocycles. The number of amides is 1. The minimum Gasteiger partial charge on any atom is -0.369 e. The molecule has 0 spiro atoms. The summed E-state index contributed by atoms with van der Waals surface area (Å²) in [6.45, 7) is 0.398. The normalized spacial score (nSPS) is 22.8. The Morgan fingerprint density at radius 1 is 1.67 bits per heavy atom. The summed E-state index contributed by atoms with van der Waals surface area (Å²) in [5, 5.41) is 0. The Labute approximate surface area is 58.2 Å². The lowest BCUT2D eigenvalue weighted by Crippen LogP contribution is -2.52. The van der Waals surface area contributed by atoms with Gasteiger partial charge in [0.1, 0.15) is 0 Å². The predicted octanol–water partition coefficient (Wildman–Crippen LogP) is -0.836. The van der Waals surface area contributed by atoms with E-state index in [1.165, 1.54) is 0 Å². The van der Waals surface area contributed by atoms with E-state index in [4.69, 9.17) is 11.5 Å². The molecular formula is C5H10N2OS. The number of primary amides is 1. The van der Waals surface area contributed by atoms with Gasteiger partial charge in [0.05, 0.1) is 5.41 Å². The highest BCUT2D eigenvalue weighted by molar-refractivity contribution is 8.00. The Hall–Kier alpha value is -0.220. The molecule has 9 heavy (non-hydrogen) atoms. The van der Waals surface area contributed by atoms with E-state index in [-0.39, 0.29) is 11.3 Å². The van der Waals surface area contributed by atoms with Crippen molar-refractivity contribution in [3.05, 3.63) is 0 Å². The molecule has 0 aromatic rings. The number of carbonyl (C=O) groups is 1. The molecule has 1 amide bonds. The van der Waals surface area contributed by atoms with Gasteiger partial charge in [-0.25, -0.2) is 0 Å². The lowest BCUT2D eigenvalue weighted by Gasteiger charge is -2.36. The van der Waals surface area contributed by atoms with E-state index in [2.05, 4.69) is 0 Å². The molecule has 0 saturated carbocycles. The largest absolute Gasteiger partial charge is 0.369 e. The summed E-state index contributed by atoms with van der Waals surface area (Å²) in [5.41, 5.74) is 10.1. The van der Waals surface area contributed by atoms with Gasteiger partial charge < -0.3 is 11.5 Å². The van der Waals surface area contributed by atoms with Crippen LogP contribution < -0.4 is 11.5 Å². The van der Waals surface area contributed by atoms with Gasteiger partial charge in [-0.05, 0) is 0 Å². The SMILES string of the molecule is NCC1(C(N)=O)CSC1. The fourth-order valence-corrected chi connectivity index (χ4v) is 1.93. The average Bonchev–Trinajstić information content (AvgIpc) is 1.62. The topological polar surface area (TPSA) is 69.1 Å². The Bertz CT molecular complexity index is 127. The van der Waals surface area contributed by atoms with Gasteiger partial charge in [0, 0.05) is 18.1 Å². The van der Waals surface area contributed by atoms with Crippen LogP contribution in [-0.2, 0) is 4.79 Å². The van der Waals surface area contributed by atoms with Gasteiger partial charge in [0.2, 0.25) is 5.91 Å². The Morgan fingerprint density at radius 3 is 2.22 bits per heavy atom. The van der Waals surface area contributed by atoms with Crippen LogP contribution in [0, 0.1) is 5.41 Å². The fraction of sp³-hybridized carbons (Fsp3) is 0.800. The summed E-state index contributed by atoms with van der Waals surface area (Å²) < 4.78 is 0. The molecule has 1 rings (SSSR count). The van der Waals surface area contributed by atoms with Crippen molar-refractivity contribution in [2.24, 2.45) is 16.9 Å². The molecule has 0 unspecified atom stereocenters. The maximum absolute atomic E-state index is 10.7. The van der Waals surface area contributed by atoms with Crippen molar-refractivity contribution in [3.8, 4) is 0 Å². The summed E-state index contributed by atoms with van der Waals surface area (Å²) in [6, 6.07) is 0. The molecule has 52 valence electrons. The molecule has 1 saturated heterocycles. The monoisotopic (exact) mass is 146 g/mol. The number of carbonyl (C=O) groups excluding carboxylic acids is 1. The highest BCUT2D eigenvalue weighted by Crippen LogP contribution is 2.36. The molecule has 0 bridgehead atoms. The van der Waals surface area contributed by atoms with Crippen LogP contribution in [0.25, 0.3) is 0 Å². The van der Waals surface area contributed by atoms with E-state index in [0.717, 1.165) is 11.5 Å². The zero-order valence-corrected chi connectivity index (χ0v) is 5.91. The Morgan fingerprint density at radius 2 is 2.22 bits per heavy atom. The van der Waals surface area contributed by atoms with Gasteiger partial charge in [-0.2, -0.15) is 11.8 Å². The minimum atomic E-state index is -0.356. The van der Waals surface area contributed by atoms with Crippen molar-refractivity contribution in [2.75, 3.05) is 18.1 Å². The molecule has 0 aliphatic carbocycles. The molecule has 1 heterocycles. The third-order valence-corrected chi connectivity index (χ3v) is 3.18. The molecule has 1 aliphatic rings. The molecule has 1 fully saturated rings. The van der Waals surface area contributed by atoms with Crippen LogP contribution in [-0.4, -0.2) is 24.0 Å². The van der Waals surface area contributed by atoms with Crippen molar-refractivity contribution >= 4 is 17.7 Å². The summed E-state index contributed by atoms with van der Waals surface area (Å²) in [5.74, 6) is 1.36. The number of hydrogen-bond donors (Lipinski definition) is 2. The van der Waals surface area contributed by atoms with Crippen LogP contribution >= 0.6 is 11.8 Å². The van der Waals surface area contributed by atoms with Crippen LogP contribution in [0.2, 0.25) is 0 Å². The molecular weight excluding hydrogens is 136 g/mol. The van der Waals surface area contributed by atoms with Crippen molar-refractivity contribution in [1.29, 1.82) is 0 Å². The van der Waals surface area contributed by atoms with Crippen molar-refractivity contribution in [1.82, 2.24) is 0 Å². The van der Waals surface area contributed by atoms with Crippen LogP contribution in [0.15, 0.2) is 0 Å². The van der Waals surface area contributed by atoms with Crippen LogP contribution in [0.4, 0.5) is 0 Å². The zero-order valence-electron chi connectivity index (χ0n) is 5.09. The van der Waals surface area contributed by atoms with Gasteiger partial charge in [0.25, 0.3) is 0 Å². The van der Waals surface area contributed by atoms with E-state index in [0.29, 0.717) is 6.54 Å². The van der Waals surface area contributed by atoms with Crippen LogP contribution in [0.3, 0.4) is 0 Å². The quantitative estimate of drug-likeness (QED) is 0.534. The maximum Gasteiger partial charge on any atom is 0.226 e. The molecule has 4 heteroatoms. The second-order valence-corrected chi connectivity index (χ2v) is 3.33. The van der Waals surface area contributed by atoms with E-state index >= 15 is 0 Å². The molecule has 3 nitrogen and oxygen atoms in total. The van der Waals surface area contributed by atoms with E-state index in [9.17, 15) is 4.79 Å². The highest BCUT2D eigenvalue weighted by atomic mass is 32.2. The van der Waals surface area contributed by atoms with E-state index in [1.54, 1.807) is 11.8 Å². The zero-order chi connectivity index (χ0) is 6.91. The van der Waals surface area contributed by atoms with Gasteiger partial charge in [-0.3, -0.25) is 4.79 Å². The minimum absolute atomic E-state index is 0.247. The summed E-state index contributed by atoms with van der Waals surface area (Å²) in [7, 11) is 0. The molecule has 0 atom stereocenters. The van der Waals surface area contributed by atoms with Crippen molar-refractivity contribution < 1.29 is 4.79 Å². The second-order valence-electron chi connectivity index (χ2n) is 2.34. The lowest BCUT2D eigenvalue weighted by molar-refractivity contribution is -0.125. The smallest absolute Gasteiger partial charge is 0.226 e. The first-order valence-electron chi connectivity index (χ1n) is 2.79. The number of hydrogen-bond acceptors (Lipinski definition) is 3.